The van der Waals surface area contributed by atoms with E-state index < -0.39 is 6.10 Å². The fourth-order valence-electron chi connectivity index (χ4n) is 3.92. The Balaban J connectivity index is 1.76. The van der Waals surface area contributed by atoms with Crippen molar-refractivity contribution in [1.82, 2.24) is 10.6 Å². The number of hydrogen-bond donors (Lipinski definition) is 2. The molecule has 0 spiro atoms. The van der Waals surface area contributed by atoms with Crippen molar-refractivity contribution >= 4 is 11.8 Å². The molecular weight excluding hydrogens is 332 g/mol. The molecule has 0 saturated heterocycles. The zero-order valence-corrected chi connectivity index (χ0v) is 15.5. The number of amides is 2. The highest BCUT2D eigenvalue weighted by molar-refractivity contribution is 5.83. The van der Waals surface area contributed by atoms with Gasteiger partial charge >= 0.3 is 0 Å². The normalized spacial score (nSPS) is 25.7. The first-order valence-corrected chi connectivity index (χ1v) is 9.44. The summed E-state index contributed by atoms with van der Waals surface area (Å²) in [6, 6.07) is 7.50. The molecule has 2 N–H and O–H groups in total. The first-order valence-electron chi connectivity index (χ1n) is 9.44. The molecule has 3 rings (SSSR count). The van der Waals surface area contributed by atoms with Gasteiger partial charge in [-0.3, -0.25) is 9.59 Å². The quantitative estimate of drug-likeness (QED) is 0.845. The molecular formula is C20H28N2O4. The van der Waals surface area contributed by atoms with Crippen LogP contribution in [0.3, 0.4) is 0 Å². The van der Waals surface area contributed by atoms with Crippen LogP contribution in [0, 0.1) is 5.92 Å². The van der Waals surface area contributed by atoms with Crippen molar-refractivity contribution in [3.63, 3.8) is 0 Å². The number of hydrogen-bond acceptors (Lipinski definition) is 4. The zero-order chi connectivity index (χ0) is 18.5. The standard InChI is InChI=1S/C20H28N2O4/c1-13-18(22-17(23)12-25-2)15-10-6-7-11-16(15)26-19(13)20(24)21-14-8-4-3-5-9-14/h6-7,10-11,13-14,18-19H,3-5,8-9,12H2,1-2H3,(H,21,24)(H,22,23)/t13-,18-,19-/m0/s1. The number of ether oxygens (including phenoxy) is 2. The lowest BCUT2D eigenvalue weighted by Crippen LogP contribution is -2.52. The zero-order valence-electron chi connectivity index (χ0n) is 15.5. The Morgan fingerprint density at radius 2 is 1.88 bits per heavy atom. The number of para-hydroxylation sites is 1. The molecule has 142 valence electrons. The van der Waals surface area contributed by atoms with Crippen LogP contribution in [-0.4, -0.2) is 37.7 Å². The highest BCUT2D eigenvalue weighted by Gasteiger charge is 2.40. The van der Waals surface area contributed by atoms with Crippen LogP contribution in [0.5, 0.6) is 5.75 Å². The second kappa shape index (κ2) is 8.54. The van der Waals surface area contributed by atoms with Crippen LogP contribution in [0.4, 0.5) is 0 Å². The summed E-state index contributed by atoms with van der Waals surface area (Å²) in [6.07, 6.45) is 4.98. The van der Waals surface area contributed by atoms with E-state index in [1.165, 1.54) is 13.5 Å². The molecule has 0 unspecified atom stereocenters. The van der Waals surface area contributed by atoms with Crippen LogP contribution in [0.1, 0.15) is 50.6 Å². The summed E-state index contributed by atoms with van der Waals surface area (Å²) in [5.41, 5.74) is 0.895. The van der Waals surface area contributed by atoms with Crippen LogP contribution < -0.4 is 15.4 Å². The molecule has 1 heterocycles. The van der Waals surface area contributed by atoms with E-state index in [4.69, 9.17) is 9.47 Å². The van der Waals surface area contributed by atoms with Gasteiger partial charge in [-0.05, 0) is 18.9 Å². The van der Waals surface area contributed by atoms with Crippen LogP contribution in [0.25, 0.3) is 0 Å². The number of nitrogens with one attached hydrogen (secondary N) is 2. The Labute approximate surface area is 154 Å². The molecule has 0 aromatic heterocycles. The Bertz CT molecular complexity index is 642. The number of rotatable bonds is 5. The summed E-state index contributed by atoms with van der Waals surface area (Å²) in [5, 5.41) is 6.14. The Hall–Kier alpha value is -2.08. The van der Waals surface area contributed by atoms with Gasteiger partial charge in [0.1, 0.15) is 12.4 Å². The van der Waals surface area contributed by atoms with Gasteiger partial charge in [-0.1, -0.05) is 44.4 Å². The third kappa shape index (κ3) is 4.18. The van der Waals surface area contributed by atoms with Crippen molar-refractivity contribution in [2.24, 2.45) is 5.92 Å². The second-order valence-electron chi connectivity index (χ2n) is 7.26. The molecule has 0 radical (unpaired) electrons. The van der Waals surface area contributed by atoms with E-state index in [2.05, 4.69) is 10.6 Å². The van der Waals surface area contributed by atoms with Gasteiger partial charge in [0.2, 0.25) is 5.91 Å². The molecule has 26 heavy (non-hydrogen) atoms. The summed E-state index contributed by atoms with van der Waals surface area (Å²) < 4.78 is 10.9. The van der Waals surface area contributed by atoms with E-state index in [-0.39, 0.29) is 36.4 Å². The Morgan fingerprint density at radius 3 is 2.62 bits per heavy atom. The lowest BCUT2D eigenvalue weighted by molar-refractivity contribution is -0.134. The van der Waals surface area contributed by atoms with Crippen molar-refractivity contribution in [2.75, 3.05) is 13.7 Å². The van der Waals surface area contributed by atoms with Crippen LogP contribution >= 0.6 is 0 Å². The van der Waals surface area contributed by atoms with E-state index in [0.29, 0.717) is 5.75 Å². The van der Waals surface area contributed by atoms with E-state index in [9.17, 15) is 9.59 Å². The summed E-state index contributed by atoms with van der Waals surface area (Å²) in [6.45, 7) is 1.93. The SMILES string of the molecule is COCC(=O)N[C@@H]1c2ccccc2O[C@H](C(=O)NC2CCCCC2)[C@H]1C. The third-order valence-corrected chi connectivity index (χ3v) is 5.31. The molecule has 1 saturated carbocycles. The fourth-order valence-corrected chi connectivity index (χ4v) is 3.92. The molecule has 1 fully saturated rings. The molecule has 3 atom stereocenters. The number of benzene rings is 1. The van der Waals surface area contributed by atoms with Crippen molar-refractivity contribution < 1.29 is 19.1 Å². The van der Waals surface area contributed by atoms with Gasteiger partial charge in [0.25, 0.3) is 5.91 Å². The van der Waals surface area contributed by atoms with Crippen molar-refractivity contribution in [3.05, 3.63) is 29.8 Å². The van der Waals surface area contributed by atoms with Gasteiger partial charge < -0.3 is 20.1 Å². The maximum atomic E-state index is 12.9. The molecule has 1 aliphatic carbocycles. The predicted molar refractivity (Wildman–Crippen MR) is 97.8 cm³/mol. The molecule has 6 nitrogen and oxygen atoms in total. The summed E-state index contributed by atoms with van der Waals surface area (Å²) in [4.78, 5) is 25.0. The van der Waals surface area contributed by atoms with Gasteiger partial charge in [0.15, 0.2) is 6.10 Å². The molecule has 0 bridgehead atoms. The summed E-state index contributed by atoms with van der Waals surface area (Å²) >= 11 is 0. The number of carbonyl (C=O) groups excluding carboxylic acids is 2. The third-order valence-electron chi connectivity index (χ3n) is 5.31. The van der Waals surface area contributed by atoms with E-state index >= 15 is 0 Å². The van der Waals surface area contributed by atoms with E-state index in [1.54, 1.807) is 0 Å². The van der Waals surface area contributed by atoms with Gasteiger partial charge in [-0.25, -0.2) is 0 Å². The molecule has 1 aromatic carbocycles. The lowest BCUT2D eigenvalue weighted by Gasteiger charge is -2.38. The van der Waals surface area contributed by atoms with Gasteiger partial charge in [-0.2, -0.15) is 0 Å². The fraction of sp³-hybridized carbons (Fsp3) is 0.600. The van der Waals surface area contributed by atoms with Gasteiger partial charge in [0.05, 0.1) is 6.04 Å². The summed E-state index contributed by atoms with van der Waals surface area (Å²) in [7, 11) is 1.49. The molecule has 2 amide bonds. The average Bonchev–Trinajstić information content (AvgIpc) is 2.65. The number of carbonyl (C=O) groups is 2. The first-order chi connectivity index (χ1) is 12.6. The maximum Gasteiger partial charge on any atom is 0.261 e. The molecule has 2 aliphatic rings. The van der Waals surface area contributed by atoms with Crippen molar-refractivity contribution in [3.8, 4) is 5.75 Å². The Morgan fingerprint density at radius 1 is 1.15 bits per heavy atom. The lowest BCUT2D eigenvalue weighted by atomic mass is 9.86. The second-order valence-corrected chi connectivity index (χ2v) is 7.26. The minimum Gasteiger partial charge on any atom is -0.480 e. The minimum atomic E-state index is -0.625. The topological polar surface area (TPSA) is 76.7 Å². The largest absolute Gasteiger partial charge is 0.480 e. The van der Waals surface area contributed by atoms with Crippen LogP contribution in [0.2, 0.25) is 0 Å². The van der Waals surface area contributed by atoms with Crippen LogP contribution in [-0.2, 0) is 14.3 Å². The van der Waals surface area contributed by atoms with Crippen LogP contribution in [0.15, 0.2) is 24.3 Å². The number of methoxy groups -OCH3 is 1. The average molecular weight is 360 g/mol. The first kappa shape index (κ1) is 18.7. The smallest absolute Gasteiger partial charge is 0.261 e. The molecule has 1 aromatic rings. The predicted octanol–water partition coefficient (Wildman–Crippen LogP) is 2.34. The highest BCUT2D eigenvalue weighted by Crippen LogP contribution is 2.38. The minimum absolute atomic E-state index is 0.00875. The Kier molecular flexibility index (Phi) is 6.14. The molecule has 1 aliphatic heterocycles. The number of fused-ring (bicyclic) bond motifs is 1. The van der Waals surface area contributed by atoms with E-state index in [1.807, 2.05) is 31.2 Å². The monoisotopic (exact) mass is 360 g/mol. The van der Waals surface area contributed by atoms with E-state index in [0.717, 1.165) is 31.2 Å². The maximum absolute atomic E-state index is 12.9. The highest BCUT2D eigenvalue weighted by atomic mass is 16.5. The van der Waals surface area contributed by atoms with Crippen molar-refractivity contribution in [1.29, 1.82) is 0 Å². The molecule has 6 heteroatoms. The van der Waals surface area contributed by atoms with Gasteiger partial charge in [-0.15, -0.1) is 0 Å². The van der Waals surface area contributed by atoms with Gasteiger partial charge in [0, 0.05) is 24.6 Å². The van der Waals surface area contributed by atoms with Crippen molar-refractivity contribution in [2.45, 2.75) is 57.2 Å². The summed E-state index contributed by atoms with van der Waals surface area (Å²) in [5.74, 6) is 0.170.